The molecule has 2 N–H and O–H groups in total. The van der Waals surface area contributed by atoms with Gasteiger partial charge in [-0.25, -0.2) is 0 Å². The maximum atomic E-state index is 11.4. The number of allylic oxidation sites excluding steroid dienone is 2. The number of ketones is 1. The van der Waals surface area contributed by atoms with Gasteiger partial charge in [0, 0.05) is 12.1 Å². The van der Waals surface area contributed by atoms with Gasteiger partial charge in [-0.3, -0.25) is 4.79 Å². The minimum Gasteiger partial charge on any atom is -0.402 e. The molecule has 2 nitrogen and oxygen atoms in total. The van der Waals surface area contributed by atoms with Crippen molar-refractivity contribution in [2.45, 2.75) is 20.3 Å². The highest BCUT2D eigenvalue weighted by molar-refractivity contribution is 5.91. The molecule has 0 saturated carbocycles. The quantitative estimate of drug-likeness (QED) is 0.739. The summed E-state index contributed by atoms with van der Waals surface area (Å²) in [6.07, 6.45) is 1.90. The van der Waals surface area contributed by atoms with Gasteiger partial charge in [0.2, 0.25) is 0 Å². The number of hydrogen-bond donors (Lipinski definition) is 1. The van der Waals surface area contributed by atoms with Gasteiger partial charge in [0.15, 0.2) is 5.78 Å². The molecule has 0 aliphatic heterocycles. The molecule has 0 aromatic heterocycles. The average molecular weight is 189 g/mol. The normalized spacial score (nSPS) is 11.4. The van der Waals surface area contributed by atoms with Gasteiger partial charge >= 0.3 is 0 Å². The van der Waals surface area contributed by atoms with Gasteiger partial charge in [-0.15, -0.1) is 0 Å². The van der Waals surface area contributed by atoms with Crippen LogP contribution in [0.25, 0.3) is 0 Å². The van der Waals surface area contributed by atoms with E-state index in [2.05, 4.69) is 0 Å². The molecule has 1 rings (SSSR count). The molecular formula is C12H15NO. The number of nitrogens with two attached hydrogens (primary N) is 1. The summed E-state index contributed by atoms with van der Waals surface area (Å²) in [6, 6.07) is 7.93. The molecule has 0 aliphatic rings. The Hall–Kier alpha value is -1.57. The molecule has 0 spiro atoms. The van der Waals surface area contributed by atoms with Crippen LogP contribution in [0.1, 0.15) is 18.1 Å². The van der Waals surface area contributed by atoms with Crippen molar-refractivity contribution >= 4 is 5.78 Å². The summed E-state index contributed by atoms with van der Waals surface area (Å²) in [5, 5.41) is 0. The zero-order chi connectivity index (χ0) is 10.6. The second-order valence-electron chi connectivity index (χ2n) is 3.52. The third-order valence-electron chi connectivity index (χ3n) is 1.89. The van der Waals surface area contributed by atoms with E-state index >= 15 is 0 Å². The van der Waals surface area contributed by atoms with Gasteiger partial charge in [-0.2, -0.15) is 0 Å². The lowest BCUT2D eigenvalue weighted by molar-refractivity contribution is -0.114. The molecule has 1 aromatic carbocycles. The summed E-state index contributed by atoms with van der Waals surface area (Å²) in [5.41, 5.74) is 8.20. The van der Waals surface area contributed by atoms with Gasteiger partial charge < -0.3 is 5.73 Å². The third-order valence-corrected chi connectivity index (χ3v) is 1.89. The molecule has 0 bridgehead atoms. The van der Waals surface area contributed by atoms with Crippen molar-refractivity contribution in [2.75, 3.05) is 0 Å². The van der Waals surface area contributed by atoms with Gasteiger partial charge in [-0.05, 0) is 25.5 Å². The predicted octanol–water partition coefficient (Wildman–Crippen LogP) is 1.97. The first-order valence-electron chi connectivity index (χ1n) is 4.60. The molecule has 0 heterocycles. The van der Waals surface area contributed by atoms with Crippen molar-refractivity contribution in [1.29, 1.82) is 0 Å². The molecule has 0 unspecified atom stereocenters. The van der Waals surface area contributed by atoms with Crippen LogP contribution in [0.15, 0.2) is 36.0 Å². The topological polar surface area (TPSA) is 43.1 Å². The van der Waals surface area contributed by atoms with Crippen LogP contribution < -0.4 is 5.73 Å². The van der Waals surface area contributed by atoms with Crippen molar-refractivity contribution in [3.05, 3.63) is 47.2 Å². The Morgan fingerprint density at radius 2 is 1.93 bits per heavy atom. The van der Waals surface area contributed by atoms with Crippen LogP contribution in [0.2, 0.25) is 0 Å². The lowest BCUT2D eigenvalue weighted by atomic mass is 10.1. The summed E-state index contributed by atoms with van der Waals surface area (Å²) in [4.78, 5) is 11.4. The summed E-state index contributed by atoms with van der Waals surface area (Å²) < 4.78 is 0. The first-order valence-corrected chi connectivity index (χ1v) is 4.60. The van der Waals surface area contributed by atoms with Crippen molar-refractivity contribution in [3.63, 3.8) is 0 Å². The largest absolute Gasteiger partial charge is 0.402 e. The molecule has 0 amide bonds. The zero-order valence-corrected chi connectivity index (χ0v) is 8.58. The second-order valence-corrected chi connectivity index (χ2v) is 3.52. The highest BCUT2D eigenvalue weighted by atomic mass is 16.1. The molecule has 0 aliphatic carbocycles. The minimum absolute atomic E-state index is 0.0499. The first kappa shape index (κ1) is 10.5. The van der Waals surface area contributed by atoms with Gasteiger partial charge in [0.25, 0.3) is 0 Å². The molecule has 0 saturated heterocycles. The Labute approximate surface area is 84.4 Å². The molecule has 0 fully saturated rings. The number of rotatable bonds is 3. The van der Waals surface area contributed by atoms with Crippen molar-refractivity contribution in [2.24, 2.45) is 5.73 Å². The van der Waals surface area contributed by atoms with Crippen molar-refractivity contribution in [1.82, 2.24) is 0 Å². The lowest BCUT2D eigenvalue weighted by Crippen LogP contribution is -2.02. The predicted molar refractivity (Wildman–Crippen MR) is 57.8 cm³/mol. The van der Waals surface area contributed by atoms with E-state index in [4.69, 9.17) is 5.73 Å². The Kier molecular flexibility index (Phi) is 3.46. The van der Waals surface area contributed by atoms with E-state index in [1.54, 1.807) is 6.92 Å². The van der Waals surface area contributed by atoms with E-state index in [-0.39, 0.29) is 5.78 Å². The van der Waals surface area contributed by atoms with E-state index in [9.17, 15) is 4.79 Å². The second kappa shape index (κ2) is 4.61. The van der Waals surface area contributed by atoms with Crippen molar-refractivity contribution < 1.29 is 4.79 Å². The van der Waals surface area contributed by atoms with E-state index in [0.717, 1.165) is 5.56 Å². The fourth-order valence-corrected chi connectivity index (χ4v) is 1.21. The number of benzene rings is 1. The molecule has 2 heteroatoms. The number of aryl methyl sites for hydroxylation is 1. The van der Waals surface area contributed by atoms with E-state index < -0.39 is 0 Å². The maximum Gasteiger partial charge on any atom is 0.161 e. The Morgan fingerprint density at radius 1 is 1.36 bits per heavy atom. The lowest BCUT2D eigenvalue weighted by Gasteiger charge is -1.98. The summed E-state index contributed by atoms with van der Waals surface area (Å²) >= 11 is 0. The minimum atomic E-state index is 0.0499. The number of carbonyl (C=O) groups is 1. The standard InChI is InChI=1S/C12H15NO/c1-9-3-5-11(6-4-9)8-12(14)7-10(2)13/h3-7H,8,13H2,1-2H3/b10-7-. The average Bonchev–Trinajstić information content (AvgIpc) is 2.07. The zero-order valence-electron chi connectivity index (χ0n) is 8.58. The summed E-state index contributed by atoms with van der Waals surface area (Å²) in [7, 11) is 0. The highest BCUT2D eigenvalue weighted by Crippen LogP contribution is 2.04. The fourth-order valence-electron chi connectivity index (χ4n) is 1.21. The van der Waals surface area contributed by atoms with Gasteiger partial charge in [-0.1, -0.05) is 29.8 Å². The van der Waals surface area contributed by atoms with E-state index in [0.29, 0.717) is 12.1 Å². The monoisotopic (exact) mass is 189 g/mol. The van der Waals surface area contributed by atoms with Crippen LogP contribution in [0.4, 0.5) is 0 Å². The van der Waals surface area contributed by atoms with Crippen LogP contribution in [-0.2, 0) is 11.2 Å². The summed E-state index contributed by atoms with van der Waals surface area (Å²) in [6.45, 7) is 3.74. The first-order chi connectivity index (χ1) is 6.58. The maximum absolute atomic E-state index is 11.4. The van der Waals surface area contributed by atoms with E-state index in [1.165, 1.54) is 11.6 Å². The molecule has 1 aromatic rings. The van der Waals surface area contributed by atoms with E-state index in [1.807, 2.05) is 31.2 Å². The highest BCUT2D eigenvalue weighted by Gasteiger charge is 1.99. The summed E-state index contributed by atoms with van der Waals surface area (Å²) in [5.74, 6) is 0.0499. The number of hydrogen-bond acceptors (Lipinski definition) is 2. The van der Waals surface area contributed by atoms with Crippen LogP contribution >= 0.6 is 0 Å². The van der Waals surface area contributed by atoms with Gasteiger partial charge in [0.1, 0.15) is 0 Å². The fraction of sp³-hybridized carbons (Fsp3) is 0.250. The smallest absolute Gasteiger partial charge is 0.161 e. The van der Waals surface area contributed by atoms with Crippen LogP contribution in [0, 0.1) is 6.92 Å². The molecule has 0 radical (unpaired) electrons. The molecule has 14 heavy (non-hydrogen) atoms. The molecule has 74 valence electrons. The van der Waals surface area contributed by atoms with Crippen LogP contribution in [0.5, 0.6) is 0 Å². The van der Waals surface area contributed by atoms with Crippen LogP contribution in [-0.4, -0.2) is 5.78 Å². The Balaban J connectivity index is 2.66. The van der Waals surface area contributed by atoms with Crippen LogP contribution in [0.3, 0.4) is 0 Å². The Morgan fingerprint density at radius 3 is 2.43 bits per heavy atom. The Bertz CT molecular complexity index is 345. The third kappa shape index (κ3) is 3.44. The number of carbonyl (C=O) groups excluding carboxylic acids is 1. The van der Waals surface area contributed by atoms with Gasteiger partial charge in [0.05, 0.1) is 0 Å². The SMILES string of the molecule is C/C(N)=C/C(=O)Cc1ccc(C)cc1. The molecule has 0 atom stereocenters. The molecular weight excluding hydrogens is 174 g/mol. The van der Waals surface area contributed by atoms with Crippen molar-refractivity contribution in [3.8, 4) is 0 Å².